The third kappa shape index (κ3) is 5.75. The largest absolute Gasteiger partial charge is 0.534 e. The lowest BCUT2D eigenvalue weighted by atomic mass is 9.76. The first-order valence-corrected chi connectivity index (χ1v) is 16.7. The molecule has 0 bridgehead atoms. The molecule has 1 heterocycles. The van der Waals surface area contributed by atoms with Crippen LogP contribution in [0.3, 0.4) is 0 Å². The molecule has 48 heavy (non-hydrogen) atoms. The smallest absolute Gasteiger partial charge is 0.396 e. The maximum absolute atomic E-state index is 13.7. The van der Waals surface area contributed by atoms with Crippen molar-refractivity contribution in [2.24, 2.45) is 5.92 Å². The average molecular weight is 671 g/mol. The zero-order valence-electron chi connectivity index (χ0n) is 26.2. The molecular formula is C38H33F3N2O4S. The summed E-state index contributed by atoms with van der Waals surface area (Å²) in [5, 5.41) is 11.7. The van der Waals surface area contributed by atoms with Crippen LogP contribution >= 0.6 is 0 Å². The third-order valence-corrected chi connectivity index (χ3v) is 9.71. The molecule has 0 aliphatic rings. The van der Waals surface area contributed by atoms with Crippen molar-refractivity contribution in [1.82, 2.24) is 9.55 Å². The molecule has 10 heteroatoms. The fraction of sp³-hybridized carbons (Fsp3) is 0.184. The predicted octanol–water partition coefficient (Wildman–Crippen LogP) is 8.17. The van der Waals surface area contributed by atoms with Gasteiger partial charge in [-0.3, -0.25) is 0 Å². The summed E-state index contributed by atoms with van der Waals surface area (Å²) in [6, 6.07) is 38.2. The Hall–Kier alpha value is -4.93. The van der Waals surface area contributed by atoms with Gasteiger partial charge in [-0.15, -0.1) is 0 Å². The highest BCUT2D eigenvalue weighted by atomic mass is 32.2. The van der Waals surface area contributed by atoms with E-state index in [0.717, 1.165) is 16.7 Å². The highest BCUT2D eigenvalue weighted by Gasteiger charge is 2.49. The van der Waals surface area contributed by atoms with Gasteiger partial charge in [0, 0.05) is 24.3 Å². The molecule has 0 fully saturated rings. The van der Waals surface area contributed by atoms with Crippen molar-refractivity contribution >= 4 is 20.9 Å². The fourth-order valence-corrected chi connectivity index (χ4v) is 7.11. The minimum atomic E-state index is -6.03. The number of hydrogen-bond donors (Lipinski definition) is 1. The van der Waals surface area contributed by atoms with E-state index in [-0.39, 0.29) is 17.7 Å². The number of benzene rings is 5. The van der Waals surface area contributed by atoms with E-state index in [9.17, 15) is 26.7 Å². The average Bonchev–Trinajstić information content (AvgIpc) is 3.57. The summed E-state index contributed by atoms with van der Waals surface area (Å²) in [4.78, 5) is 4.85. The van der Waals surface area contributed by atoms with Gasteiger partial charge in [0.15, 0.2) is 0 Å². The second-order valence-electron chi connectivity index (χ2n) is 11.8. The second-order valence-corrected chi connectivity index (χ2v) is 13.3. The Labute approximate surface area is 277 Å². The monoisotopic (exact) mass is 670 g/mol. The van der Waals surface area contributed by atoms with Gasteiger partial charge in [0.2, 0.25) is 0 Å². The summed E-state index contributed by atoms with van der Waals surface area (Å²) in [5.41, 5.74) is -3.00. The van der Waals surface area contributed by atoms with Crippen LogP contribution < -0.4 is 4.18 Å². The van der Waals surface area contributed by atoms with E-state index in [1.165, 1.54) is 6.92 Å². The third-order valence-electron chi connectivity index (χ3n) is 8.75. The molecule has 0 amide bonds. The first-order valence-electron chi connectivity index (χ1n) is 15.3. The number of nitrogens with zero attached hydrogens (tertiary/aromatic N) is 2. The normalized spacial score (nSPS) is 13.7. The molecule has 6 nitrogen and oxygen atoms in total. The van der Waals surface area contributed by atoms with E-state index in [2.05, 4.69) is 0 Å². The van der Waals surface area contributed by atoms with Gasteiger partial charge in [-0.05, 0) is 51.9 Å². The summed E-state index contributed by atoms with van der Waals surface area (Å²) < 4.78 is 72.9. The molecule has 0 aliphatic carbocycles. The summed E-state index contributed by atoms with van der Waals surface area (Å²) >= 11 is 0. The molecule has 2 atom stereocenters. The molecular weight excluding hydrogens is 637 g/mol. The van der Waals surface area contributed by atoms with Crippen LogP contribution in [-0.4, -0.2) is 35.2 Å². The van der Waals surface area contributed by atoms with Crippen LogP contribution in [0.1, 0.15) is 46.4 Å². The van der Waals surface area contributed by atoms with Crippen LogP contribution in [0.4, 0.5) is 13.2 Å². The van der Waals surface area contributed by atoms with Gasteiger partial charge in [0.25, 0.3) is 0 Å². The molecule has 2 unspecified atom stereocenters. The topological polar surface area (TPSA) is 81.4 Å². The molecule has 0 spiro atoms. The van der Waals surface area contributed by atoms with E-state index >= 15 is 0 Å². The van der Waals surface area contributed by atoms with Gasteiger partial charge in [-0.1, -0.05) is 122 Å². The Morgan fingerprint density at radius 2 is 1.31 bits per heavy atom. The van der Waals surface area contributed by atoms with Crippen LogP contribution in [0, 0.1) is 12.8 Å². The number of hydrogen-bond acceptors (Lipinski definition) is 5. The Balaban J connectivity index is 1.65. The minimum absolute atomic E-state index is 0.190. The van der Waals surface area contributed by atoms with Gasteiger partial charge in [0.05, 0.1) is 12.0 Å². The zero-order chi connectivity index (χ0) is 34.1. The van der Waals surface area contributed by atoms with Crippen molar-refractivity contribution in [3.05, 3.63) is 167 Å². The second kappa shape index (κ2) is 12.9. The minimum Gasteiger partial charge on any atom is -0.396 e. The molecule has 0 aliphatic heterocycles. The highest BCUT2D eigenvalue weighted by Crippen LogP contribution is 2.46. The zero-order valence-corrected chi connectivity index (χ0v) is 27.0. The SMILES string of the molecule is Cc1cc2ccccc2c(C(c2cn(C(c3ccccc3)(c3ccccc3)c3ccccc3)cn2)C(C)CO)c1OS(=O)(=O)C(F)(F)F. The van der Waals surface area contributed by atoms with Crippen molar-refractivity contribution in [2.75, 3.05) is 6.61 Å². The standard InChI is InChI=1S/C38H33F3N2O4S/c1-26-22-28-14-12-13-21-32(28)35(36(26)47-48(45,46)38(39,40)41)34(27(2)24-44)33-23-43(25-42-33)37(29-15-6-3-7-16-29,30-17-8-4-9-18-30)31-19-10-5-11-20-31/h3-23,25,27,34,44H,24H2,1-2H3. The van der Waals surface area contributed by atoms with Crippen LogP contribution in [0.5, 0.6) is 5.75 Å². The first-order chi connectivity index (χ1) is 23.0. The molecule has 1 aromatic heterocycles. The van der Waals surface area contributed by atoms with Crippen molar-refractivity contribution in [3.8, 4) is 5.75 Å². The molecule has 0 saturated carbocycles. The van der Waals surface area contributed by atoms with E-state index in [0.29, 0.717) is 16.5 Å². The Kier molecular flexibility index (Phi) is 8.89. The first kappa shape index (κ1) is 33.0. The van der Waals surface area contributed by atoms with E-state index in [4.69, 9.17) is 9.17 Å². The van der Waals surface area contributed by atoms with Gasteiger partial charge >= 0.3 is 15.6 Å². The number of aromatic nitrogens is 2. The Morgan fingerprint density at radius 3 is 1.81 bits per heavy atom. The molecule has 6 aromatic rings. The summed E-state index contributed by atoms with van der Waals surface area (Å²) in [6.07, 6.45) is 3.49. The van der Waals surface area contributed by atoms with Crippen molar-refractivity contribution in [3.63, 3.8) is 0 Å². The van der Waals surface area contributed by atoms with Crippen LogP contribution in [0.25, 0.3) is 10.8 Å². The number of alkyl halides is 3. The van der Waals surface area contributed by atoms with Gasteiger partial charge in [-0.2, -0.15) is 21.6 Å². The quantitative estimate of drug-likeness (QED) is 0.0904. The molecule has 6 rings (SSSR count). The number of aliphatic hydroxyl groups excluding tert-OH is 1. The van der Waals surface area contributed by atoms with Gasteiger partial charge in [0.1, 0.15) is 11.3 Å². The summed E-state index contributed by atoms with van der Waals surface area (Å²) in [7, 11) is -6.03. The number of imidazole rings is 1. The van der Waals surface area contributed by atoms with Crippen LogP contribution in [0.15, 0.2) is 134 Å². The number of rotatable bonds is 10. The molecule has 1 N–H and O–H groups in total. The van der Waals surface area contributed by atoms with E-state index in [1.54, 1.807) is 43.6 Å². The number of aliphatic hydroxyl groups is 1. The predicted molar refractivity (Wildman–Crippen MR) is 179 cm³/mol. The van der Waals surface area contributed by atoms with Gasteiger partial charge in [-0.25, -0.2) is 4.98 Å². The van der Waals surface area contributed by atoms with Crippen molar-refractivity contribution < 1.29 is 30.9 Å². The lowest BCUT2D eigenvalue weighted by molar-refractivity contribution is -0.0500. The van der Waals surface area contributed by atoms with Crippen LogP contribution in [0.2, 0.25) is 0 Å². The van der Waals surface area contributed by atoms with E-state index < -0.39 is 38.8 Å². The molecule has 5 aromatic carbocycles. The van der Waals surface area contributed by atoms with Crippen molar-refractivity contribution in [1.29, 1.82) is 0 Å². The Bertz CT molecular complexity index is 2040. The van der Waals surface area contributed by atoms with Gasteiger partial charge < -0.3 is 13.9 Å². The number of halogens is 3. The van der Waals surface area contributed by atoms with E-state index in [1.807, 2.05) is 102 Å². The highest BCUT2D eigenvalue weighted by molar-refractivity contribution is 7.88. The molecule has 246 valence electrons. The fourth-order valence-electron chi connectivity index (χ4n) is 6.57. The lowest BCUT2D eigenvalue weighted by Crippen LogP contribution is -2.37. The van der Waals surface area contributed by atoms with Crippen LogP contribution in [-0.2, 0) is 15.7 Å². The molecule has 0 radical (unpaired) electrons. The summed E-state index contributed by atoms with van der Waals surface area (Å²) in [5.74, 6) is -1.93. The molecule has 0 saturated heterocycles. The lowest BCUT2D eigenvalue weighted by Gasteiger charge is -2.37. The summed E-state index contributed by atoms with van der Waals surface area (Å²) in [6.45, 7) is 2.87. The van der Waals surface area contributed by atoms with Crippen molar-refractivity contribution in [2.45, 2.75) is 30.8 Å². The number of aryl methyl sites for hydroxylation is 1. The Morgan fingerprint density at radius 1 is 0.812 bits per heavy atom. The maximum atomic E-state index is 13.7. The maximum Gasteiger partial charge on any atom is 0.534 e. The number of fused-ring (bicyclic) bond motifs is 1.